The van der Waals surface area contributed by atoms with Crippen molar-refractivity contribution in [3.05, 3.63) is 93.8 Å². The number of benzene rings is 1. The smallest absolute Gasteiger partial charge is 0.434 e. The molecule has 0 spiro atoms. The number of rotatable bonds is 11. The van der Waals surface area contributed by atoms with Crippen LogP contribution in [0.2, 0.25) is 49.4 Å². The van der Waals surface area contributed by atoms with Crippen LogP contribution in [-0.4, -0.2) is 66.1 Å². The molecule has 3 rings (SSSR count). The van der Waals surface area contributed by atoms with E-state index < -0.39 is 37.4 Å². The molecule has 0 aliphatic carbocycles. The molecule has 1 aromatic carbocycles. The Kier molecular flexibility index (Phi) is 38.5. The van der Waals surface area contributed by atoms with Crippen molar-refractivity contribution >= 4 is 28.0 Å². The fourth-order valence-corrected chi connectivity index (χ4v) is 12.3. The van der Waals surface area contributed by atoms with Crippen molar-refractivity contribution in [2.45, 2.75) is 101 Å². The molecule has 1 aromatic rings. The number of unbranched alkanes of at least 4 members (excludes halogenated alkanes) is 2. The number of nitrogens with zero attached hydrogens (tertiary/aromatic N) is 3. The van der Waals surface area contributed by atoms with Crippen LogP contribution in [0, 0.1) is 45.2 Å². The molecule has 3 N–H and O–H groups in total. The first-order chi connectivity index (χ1) is 21.7. The van der Waals surface area contributed by atoms with Gasteiger partial charge in [0.1, 0.15) is 5.75 Å². The van der Waals surface area contributed by atoms with Crippen LogP contribution < -0.4 is 4.74 Å². The Hall–Kier alpha value is -2.36. The van der Waals surface area contributed by atoms with Gasteiger partial charge < -0.3 is 39.8 Å². The number of carbonyl (C=O) groups is 1. The maximum Gasteiger partial charge on any atom is 1.00 e. The van der Waals surface area contributed by atoms with Crippen molar-refractivity contribution < 1.29 is 89.6 Å². The van der Waals surface area contributed by atoms with Crippen LogP contribution >= 0.6 is 0 Å². The van der Waals surface area contributed by atoms with Crippen molar-refractivity contribution in [2.75, 3.05) is 13.2 Å². The molecular weight excluding hydrogens is 878 g/mol. The molecule has 15 nitrogen and oxygen atoms in total. The summed E-state index contributed by atoms with van der Waals surface area (Å²) in [4.78, 5) is 38.4. The van der Waals surface area contributed by atoms with Crippen LogP contribution in [0.25, 0.3) is 0 Å². The molecule has 0 radical (unpaired) electrons. The van der Waals surface area contributed by atoms with Gasteiger partial charge in [0.2, 0.25) is 0 Å². The Balaban J connectivity index is -0.000000228. The van der Waals surface area contributed by atoms with Gasteiger partial charge in [-0.15, -0.1) is 20.2 Å². The summed E-state index contributed by atoms with van der Waals surface area (Å²) < 4.78 is 10.1. The van der Waals surface area contributed by atoms with Crippen molar-refractivity contribution in [1.82, 2.24) is 0 Å². The normalized spacial score (nSPS) is 14.5. The predicted octanol–water partition coefficient (Wildman–Crippen LogP) is 8.71. The summed E-state index contributed by atoms with van der Waals surface area (Å²) in [5, 5.41) is 46.6. The third kappa shape index (κ3) is 32.8. The summed E-state index contributed by atoms with van der Waals surface area (Å²) in [6, 6.07) is 13.7. The molecule has 296 valence electrons. The molecule has 50 heavy (non-hydrogen) atoms. The predicted molar refractivity (Wildman–Crippen MR) is 190 cm³/mol. The minimum atomic E-state index is -1.50. The third-order valence-electron chi connectivity index (χ3n) is 7.82. The number of aliphatic hydroxyl groups excluding tert-OH is 1. The molecule has 2 heterocycles. The third-order valence-corrected chi connectivity index (χ3v) is 16.9. The maximum absolute atomic E-state index is 11.6. The average molecular weight is 934 g/mol. The number of ether oxygens (including phenoxy) is 2. The Morgan fingerprint density at radius 3 is 1.42 bits per heavy atom. The van der Waals surface area contributed by atoms with Gasteiger partial charge in [-0.1, -0.05) is 86.5 Å². The van der Waals surface area contributed by atoms with Gasteiger partial charge in [-0.25, -0.2) is 4.79 Å². The molecule has 0 unspecified atom stereocenters. The standard InChI is InChI=1S/C18H25NO5Si.C11H22OSi.2CH3.2Ag.2HNO3/c1-25(13-5-2-3-6-14-25)15-7-4-12-23-18(20)24-17-10-8-16(9-11-17)19(21)22;1-13(11-7-4-8-12)9-5-2-3-6-10-13;;;;;2*2-1(3)4/h2-3,8-11H,4-7,12-15H2,1H3;2-3,12H,4-11H2,1H3;2*1H3;;;2*(H,2,3,4)/q;;2*-1;2*+1;;. The molecule has 0 bridgehead atoms. The number of nitro groups is 1. The minimum absolute atomic E-state index is 0. The number of nitro benzene ring substituents is 1. The first-order valence-electron chi connectivity index (χ1n) is 15.4. The van der Waals surface area contributed by atoms with Crippen molar-refractivity contribution in [1.29, 1.82) is 0 Å². The van der Waals surface area contributed by atoms with Crippen molar-refractivity contribution in [3.8, 4) is 5.75 Å². The largest absolute Gasteiger partial charge is 1.00 e. The molecule has 0 amide bonds. The molecule has 0 saturated heterocycles. The van der Waals surface area contributed by atoms with Gasteiger partial charge >= 0.3 is 50.9 Å². The summed E-state index contributed by atoms with van der Waals surface area (Å²) in [6.07, 6.45) is 17.7. The maximum atomic E-state index is 11.6. The monoisotopic (exact) mass is 931 g/mol. The Morgan fingerprint density at radius 1 is 0.720 bits per heavy atom. The van der Waals surface area contributed by atoms with Crippen LogP contribution in [0.3, 0.4) is 0 Å². The average Bonchev–Trinajstić information content (AvgIpc) is 3.33. The minimum Gasteiger partial charge on any atom is -0.434 e. The fraction of sp³-hybridized carbons (Fsp3) is 0.581. The number of hydrogen-bond acceptors (Lipinski definition) is 10. The van der Waals surface area contributed by atoms with Crippen LogP contribution in [-0.2, 0) is 49.5 Å². The van der Waals surface area contributed by atoms with Crippen molar-refractivity contribution in [3.63, 3.8) is 0 Å². The van der Waals surface area contributed by atoms with E-state index in [9.17, 15) is 14.9 Å². The molecular formula is C31H55Ag2N3O12Si2. The van der Waals surface area contributed by atoms with E-state index in [1.807, 2.05) is 0 Å². The van der Waals surface area contributed by atoms with Crippen LogP contribution in [0.5, 0.6) is 5.75 Å². The molecule has 19 heteroatoms. The van der Waals surface area contributed by atoms with E-state index in [0.717, 1.165) is 19.3 Å². The van der Waals surface area contributed by atoms with E-state index in [-0.39, 0.29) is 71.1 Å². The van der Waals surface area contributed by atoms with E-state index in [4.69, 9.17) is 45.2 Å². The molecule has 0 aromatic heterocycles. The van der Waals surface area contributed by atoms with Gasteiger partial charge in [0.15, 0.2) is 0 Å². The summed E-state index contributed by atoms with van der Waals surface area (Å²) in [7, 11) is -2.03. The quantitative estimate of drug-likeness (QED) is 0.0277. The van der Waals surface area contributed by atoms with Crippen molar-refractivity contribution in [2.24, 2.45) is 0 Å². The summed E-state index contributed by atoms with van der Waals surface area (Å²) >= 11 is 0. The number of aliphatic hydroxyl groups is 1. The SMILES string of the molecule is C[Si]1(CCCCO)CCC=CCC1.C[Si]1(CCCCOC(=O)Oc2ccc([N+](=O)[O-])cc2)CCC=CCC1.O=[N+]([O-])O.O=[N+]([O-])O.[Ag+].[Ag+].[CH3-].[CH3-]. The van der Waals surface area contributed by atoms with Gasteiger partial charge in [0, 0.05) is 18.7 Å². The van der Waals surface area contributed by atoms with Crippen LogP contribution in [0.15, 0.2) is 48.6 Å². The summed E-state index contributed by atoms with van der Waals surface area (Å²) in [5.41, 5.74) is -0.0490. The molecule has 0 atom stereocenters. The van der Waals surface area contributed by atoms with E-state index in [2.05, 4.69) is 37.4 Å². The first kappa shape index (κ1) is 57.0. The zero-order chi connectivity index (χ0) is 34.8. The van der Waals surface area contributed by atoms with E-state index in [1.54, 1.807) is 0 Å². The topological polar surface area (TPSA) is 226 Å². The second-order valence-electron chi connectivity index (χ2n) is 11.8. The molecule has 2 aliphatic heterocycles. The van der Waals surface area contributed by atoms with Gasteiger partial charge in [-0.2, -0.15) is 0 Å². The van der Waals surface area contributed by atoms with Gasteiger partial charge in [0.25, 0.3) is 15.9 Å². The van der Waals surface area contributed by atoms with Gasteiger partial charge in [-0.3, -0.25) is 10.1 Å². The zero-order valence-electron chi connectivity index (χ0n) is 29.4. The molecule has 0 fully saturated rings. The Bertz CT molecular complexity index is 1080. The van der Waals surface area contributed by atoms with E-state index in [1.165, 1.54) is 92.6 Å². The second-order valence-corrected chi connectivity index (χ2v) is 22.0. The fourth-order valence-electron chi connectivity index (χ4n) is 5.18. The van der Waals surface area contributed by atoms with Crippen LogP contribution in [0.1, 0.15) is 51.4 Å². The Labute approximate surface area is 329 Å². The summed E-state index contributed by atoms with van der Waals surface area (Å²) in [5.74, 6) is 0.237. The zero-order valence-corrected chi connectivity index (χ0v) is 34.4. The number of non-ortho nitro benzene ring substituents is 1. The van der Waals surface area contributed by atoms with E-state index >= 15 is 0 Å². The van der Waals surface area contributed by atoms with Gasteiger partial charge in [0.05, 0.1) is 27.7 Å². The summed E-state index contributed by atoms with van der Waals surface area (Å²) in [6.45, 7) is 5.73. The van der Waals surface area contributed by atoms with Crippen LogP contribution in [0.4, 0.5) is 10.5 Å². The molecule has 2 aliphatic rings. The van der Waals surface area contributed by atoms with E-state index in [0.29, 0.717) is 13.2 Å². The first-order valence-corrected chi connectivity index (χ1v) is 21.6. The molecule has 0 saturated carbocycles. The number of hydrogen-bond donors (Lipinski definition) is 3. The van der Waals surface area contributed by atoms with Gasteiger partial charge in [-0.05, 0) is 50.7 Å². The second kappa shape index (κ2) is 33.8. The number of carbonyl (C=O) groups excluding carboxylic acids is 1. The number of allylic oxidation sites excluding steroid dienone is 4. The Morgan fingerprint density at radius 2 is 1.08 bits per heavy atom.